The van der Waals surface area contributed by atoms with Crippen LogP contribution in [0.5, 0.6) is 11.5 Å². The summed E-state index contributed by atoms with van der Waals surface area (Å²) in [6.07, 6.45) is 4.37. The first kappa shape index (κ1) is 15.4. The smallest absolute Gasteiger partial charge is 0.179 e. The molecule has 0 bridgehead atoms. The third kappa shape index (κ3) is 3.19. The Kier molecular flexibility index (Phi) is 5.13. The molecule has 5 heteroatoms. The van der Waals surface area contributed by atoms with Gasteiger partial charge in [0, 0.05) is 12.1 Å². The second-order valence-electron chi connectivity index (χ2n) is 5.31. The Hall–Kier alpha value is -0.970. The second kappa shape index (κ2) is 6.66. The Labute approximate surface area is 125 Å². The van der Waals surface area contributed by atoms with E-state index in [-0.39, 0.29) is 12.1 Å². The Balaban J connectivity index is 2.11. The van der Waals surface area contributed by atoms with Crippen LogP contribution in [0.25, 0.3) is 0 Å². The number of benzene rings is 1. The van der Waals surface area contributed by atoms with Gasteiger partial charge < -0.3 is 19.9 Å². The molecule has 1 aromatic rings. The van der Waals surface area contributed by atoms with Crippen molar-refractivity contribution in [2.45, 2.75) is 37.8 Å². The zero-order valence-electron chi connectivity index (χ0n) is 12.0. The number of aliphatic hydroxyl groups is 1. The molecule has 0 atom stereocenters. The molecule has 0 aliphatic heterocycles. The van der Waals surface area contributed by atoms with Crippen LogP contribution in [0.2, 0.25) is 5.02 Å². The fourth-order valence-electron chi connectivity index (χ4n) is 2.81. The highest BCUT2D eigenvalue weighted by molar-refractivity contribution is 6.32. The largest absolute Gasteiger partial charge is 0.493 e. The van der Waals surface area contributed by atoms with E-state index in [9.17, 15) is 5.11 Å². The maximum absolute atomic E-state index is 9.60. The number of hydrogen-bond donors (Lipinski definition) is 2. The van der Waals surface area contributed by atoms with Gasteiger partial charge in [-0.05, 0) is 30.5 Å². The molecule has 0 radical (unpaired) electrons. The van der Waals surface area contributed by atoms with Gasteiger partial charge in [-0.1, -0.05) is 24.4 Å². The third-order valence-electron chi connectivity index (χ3n) is 4.02. The Morgan fingerprint density at radius 1 is 1.25 bits per heavy atom. The molecule has 4 nitrogen and oxygen atoms in total. The summed E-state index contributed by atoms with van der Waals surface area (Å²) in [7, 11) is 3.17. The van der Waals surface area contributed by atoms with Crippen molar-refractivity contribution < 1.29 is 14.6 Å². The standard InChI is InChI=1S/C15H22ClNO3/c1-19-13-8-11(7-12(16)14(13)20-2)9-17-15(10-18)5-3-4-6-15/h7-8,17-18H,3-6,9-10H2,1-2H3. The van der Waals surface area contributed by atoms with E-state index in [1.54, 1.807) is 14.2 Å². The lowest BCUT2D eigenvalue weighted by Crippen LogP contribution is -2.45. The topological polar surface area (TPSA) is 50.7 Å². The van der Waals surface area contributed by atoms with Crippen molar-refractivity contribution in [2.75, 3.05) is 20.8 Å². The molecule has 1 fully saturated rings. The molecule has 1 aromatic carbocycles. The van der Waals surface area contributed by atoms with Gasteiger partial charge in [0.05, 0.1) is 25.8 Å². The monoisotopic (exact) mass is 299 g/mol. The Morgan fingerprint density at radius 3 is 2.50 bits per heavy atom. The lowest BCUT2D eigenvalue weighted by molar-refractivity contribution is 0.163. The summed E-state index contributed by atoms with van der Waals surface area (Å²) in [6.45, 7) is 0.828. The number of halogens is 1. The predicted molar refractivity (Wildman–Crippen MR) is 79.7 cm³/mol. The van der Waals surface area contributed by atoms with E-state index in [1.165, 1.54) is 12.8 Å². The summed E-state index contributed by atoms with van der Waals surface area (Å²) in [6, 6.07) is 3.79. The molecule has 0 unspecified atom stereocenters. The van der Waals surface area contributed by atoms with Crippen molar-refractivity contribution >= 4 is 11.6 Å². The first-order chi connectivity index (χ1) is 9.64. The number of hydrogen-bond acceptors (Lipinski definition) is 4. The van der Waals surface area contributed by atoms with Crippen LogP contribution in [-0.2, 0) is 6.54 Å². The van der Waals surface area contributed by atoms with E-state index in [0.29, 0.717) is 23.1 Å². The van der Waals surface area contributed by atoms with Gasteiger partial charge in [0.25, 0.3) is 0 Å². The van der Waals surface area contributed by atoms with Crippen molar-refractivity contribution in [3.8, 4) is 11.5 Å². The van der Waals surface area contributed by atoms with Crippen LogP contribution in [0.1, 0.15) is 31.2 Å². The molecule has 0 amide bonds. The molecule has 1 aliphatic carbocycles. The average molecular weight is 300 g/mol. The zero-order chi connectivity index (χ0) is 14.6. The van der Waals surface area contributed by atoms with Crippen LogP contribution >= 0.6 is 11.6 Å². The van der Waals surface area contributed by atoms with Gasteiger partial charge in [-0.2, -0.15) is 0 Å². The molecule has 112 valence electrons. The maximum atomic E-state index is 9.60. The fourth-order valence-corrected chi connectivity index (χ4v) is 3.12. The number of rotatable bonds is 6. The van der Waals surface area contributed by atoms with Crippen molar-refractivity contribution in [2.24, 2.45) is 0 Å². The highest BCUT2D eigenvalue weighted by atomic mass is 35.5. The highest BCUT2D eigenvalue weighted by Gasteiger charge is 2.32. The van der Waals surface area contributed by atoms with E-state index in [4.69, 9.17) is 21.1 Å². The summed E-state index contributed by atoms with van der Waals surface area (Å²) in [5.41, 5.74) is 0.881. The van der Waals surface area contributed by atoms with E-state index < -0.39 is 0 Å². The quantitative estimate of drug-likeness (QED) is 0.848. The van der Waals surface area contributed by atoms with Crippen LogP contribution in [-0.4, -0.2) is 31.5 Å². The fraction of sp³-hybridized carbons (Fsp3) is 0.600. The zero-order valence-corrected chi connectivity index (χ0v) is 12.8. The average Bonchev–Trinajstić information content (AvgIpc) is 2.94. The minimum absolute atomic E-state index is 0.139. The van der Waals surface area contributed by atoms with Gasteiger partial charge in [0.15, 0.2) is 11.5 Å². The normalized spacial score (nSPS) is 17.2. The van der Waals surface area contributed by atoms with Gasteiger partial charge in [-0.3, -0.25) is 0 Å². The first-order valence-corrected chi connectivity index (χ1v) is 7.28. The summed E-state index contributed by atoms with van der Waals surface area (Å²) in [5.74, 6) is 1.18. The molecular weight excluding hydrogens is 278 g/mol. The van der Waals surface area contributed by atoms with E-state index >= 15 is 0 Å². The van der Waals surface area contributed by atoms with Gasteiger partial charge >= 0.3 is 0 Å². The molecule has 1 aliphatic rings. The minimum Gasteiger partial charge on any atom is -0.493 e. The van der Waals surface area contributed by atoms with E-state index in [0.717, 1.165) is 18.4 Å². The molecule has 0 spiro atoms. The minimum atomic E-state index is -0.139. The van der Waals surface area contributed by atoms with Crippen LogP contribution in [0.3, 0.4) is 0 Å². The number of aliphatic hydroxyl groups excluding tert-OH is 1. The van der Waals surface area contributed by atoms with E-state index in [2.05, 4.69) is 5.32 Å². The molecule has 2 rings (SSSR count). The maximum Gasteiger partial charge on any atom is 0.179 e. The van der Waals surface area contributed by atoms with Crippen LogP contribution in [0.4, 0.5) is 0 Å². The van der Waals surface area contributed by atoms with Crippen molar-refractivity contribution in [1.29, 1.82) is 0 Å². The Bertz CT molecular complexity index is 459. The van der Waals surface area contributed by atoms with Crippen molar-refractivity contribution in [3.05, 3.63) is 22.7 Å². The molecule has 0 heterocycles. The molecule has 0 saturated heterocycles. The summed E-state index contributed by atoms with van der Waals surface area (Å²) < 4.78 is 10.5. The third-order valence-corrected chi connectivity index (χ3v) is 4.30. The van der Waals surface area contributed by atoms with Crippen molar-refractivity contribution in [3.63, 3.8) is 0 Å². The first-order valence-electron chi connectivity index (χ1n) is 6.90. The van der Waals surface area contributed by atoms with Crippen LogP contribution in [0.15, 0.2) is 12.1 Å². The highest BCUT2D eigenvalue weighted by Crippen LogP contribution is 2.36. The van der Waals surface area contributed by atoms with Crippen molar-refractivity contribution in [1.82, 2.24) is 5.32 Å². The summed E-state index contributed by atoms with van der Waals surface area (Å²) in [4.78, 5) is 0. The van der Waals surface area contributed by atoms with Gasteiger partial charge in [-0.25, -0.2) is 0 Å². The number of nitrogens with one attached hydrogen (secondary N) is 1. The predicted octanol–water partition coefficient (Wildman–Crippen LogP) is 2.75. The van der Waals surface area contributed by atoms with Crippen LogP contribution < -0.4 is 14.8 Å². The molecule has 2 N–H and O–H groups in total. The number of ether oxygens (including phenoxy) is 2. The molecular formula is C15H22ClNO3. The summed E-state index contributed by atoms with van der Waals surface area (Å²) >= 11 is 6.20. The lowest BCUT2D eigenvalue weighted by atomic mass is 9.98. The second-order valence-corrected chi connectivity index (χ2v) is 5.72. The molecule has 20 heavy (non-hydrogen) atoms. The van der Waals surface area contributed by atoms with Gasteiger partial charge in [-0.15, -0.1) is 0 Å². The lowest BCUT2D eigenvalue weighted by Gasteiger charge is -2.28. The molecule has 0 aromatic heterocycles. The Morgan fingerprint density at radius 2 is 1.95 bits per heavy atom. The van der Waals surface area contributed by atoms with Gasteiger partial charge in [0.2, 0.25) is 0 Å². The van der Waals surface area contributed by atoms with Gasteiger partial charge in [0.1, 0.15) is 0 Å². The number of methoxy groups -OCH3 is 2. The SMILES string of the molecule is COc1cc(CNC2(CO)CCCC2)cc(Cl)c1OC. The van der Waals surface area contributed by atoms with Crippen LogP contribution in [0, 0.1) is 0 Å². The molecule has 1 saturated carbocycles. The van der Waals surface area contributed by atoms with E-state index in [1.807, 2.05) is 12.1 Å². The summed E-state index contributed by atoms with van der Waals surface area (Å²) in [5, 5.41) is 13.6.